The molecule has 5 nitrogen and oxygen atoms in total. The van der Waals surface area contributed by atoms with Gasteiger partial charge < -0.3 is 4.98 Å². The fourth-order valence-electron chi connectivity index (χ4n) is 2.38. The molecule has 0 saturated carbocycles. The monoisotopic (exact) mass is 268 g/mol. The smallest absolute Gasteiger partial charge is 0.277 e. The Morgan fingerprint density at radius 1 is 1.40 bits per heavy atom. The lowest BCUT2D eigenvalue weighted by molar-refractivity contribution is -0.121. The number of aromatic nitrogens is 2. The fraction of sp³-hybridized carbons (Fsp3) is 0.267. The van der Waals surface area contributed by atoms with Gasteiger partial charge in [0.2, 0.25) is 0 Å². The normalized spacial score (nSPS) is 17.6. The molecule has 0 bridgehead atoms. The number of pyridine rings is 1. The predicted molar refractivity (Wildman–Crippen MR) is 79.1 cm³/mol. The van der Waals surface area contributed by atoms with Gasteiger partial charge in [0.25, 0.3) is 5.91 Å². The quantitative estimate of drug-likeness (QED) is 0.850. The molecule has 0 fully saturated rings. The van der Waals surface area contributed by atoms with Crippen LogP contribution in [0.2, 0.25) is 0 Å². The Labute approximate surface area is 117 Å². The first-order chi connectivity index (χ1) is 9.58. The van der Waals surface area contributed by atoms with Crippen molar-refractivity contribution < 1.29 is 4.79 Å². The van der Waals surface area contributed by atoms with E-state index < -0.39 is 0 Å². The standard InChI is InChI=1S/C15H16N4O/c1-9(2)14-18-12(15(20)19(14)3)7-10-8-17-13-11(10)5-4-6-16-13/h4-9H,1-3H3,(H,16,17)/b12-7-. The summed E-state index contributed by atoms with van der Waals surface area (Å²) in [7, 11) is 1.76. The topological polar surface area (TPSA) is 61.4 Å². The van der Waals surface area contributed by atoms with Crippen molar-refractivity contribution in [3.63, 3.8) is 0 Å². The third kappa shape index (κ3) is 1.91. The molecule has 102 valence electrons. The number of likely N-dealkylation sites (N-methyl/N-ethyl adjacent to an activating group) is 1. The van der Waals surface area contributed by atoms with Crippen molar-refractivity contribution in [3.05, 3.63) is 35.8 Å². The average Bonchev–Trinajstić information content (AvgIpc) is 2.96. The average molecular weight is 268 g/mol. The zero-order valence-electron chi connectivity index (χ0n) is 11.7. The molecule has 0 spiro atoms. The van der Waals surface area contributed by atoms with Crippen LogP contribution in [0.1, 0.15) is 19.4 Å². The molecule has 20 heavy (non-hydrogen) atoms. The molecule has 0 aliphatic carbocycles. The third-order valence-corrected chi connectivity index (χ3v) is 3.39. The van der Waals surface area contributed by atoms with Crippen LogP contribution in [-0.4, -0.2) is 33.7 Å². The second-order valence-electron chi connectivity index (χ2n) is 5.16. The van der Waals surface area contributed by atoms with Gasteiger partial charge in [-0.3, -0.25) is 9.69 Å². The van der Waals surface area contributed by atoms with Crippen LogP contribution in [0.15, 0.2) is 35.2 Å². The first-order valence-corrected chi connectivity index (χ1v) is 6.58. The number of nitrogens with zero attached hydrogens (tertiary/aromatic N) is 3. The van der Waals surface area contributed by atoms with Crippen molar-refractivity contribution in [2.75, 3.05) is 7.05 Å². The third-order valence-electron chi connectivity index (χ3n) is 3.39. The second kappa shape index (κ2) is 4.59. The summed E-state index contributed by atoms with van der Waals surface area (Å²) in [6.07, 6.45) is 5.40. The Bertz CT molecular complexity index is 739. The molecule has 1 amide bonds. The van der Waals surface area contributed by atoms with Gasteiger partial charge in [0.1, 0.15) is 17.2 Å². The van der Waals surface area contributed by atoms with E-state index in [1.165, 1.54) is 0 Å². The number of amides is 1. The number of rotatable bonds is 2. The Hall–Kier alpha value is -2.43. The summed E-state index contributed by atoms with van der Waals surface area (Å²) in [5, 5.41) is 0.989. The number of hydrogen-bond donors (Lipinski definition) is 1. The van der Waals surface area contributed by atoms with E-state index >= 15 is 0 Å². The highest BCUT2D eigenvalue weighted by Gasteiger charge is 2.28. The van der Waals surface area contributed by atoms with Gasteiger partial charge in [0, 0.05) is 36.3 Å². The van der Waals surface area contributed by atoms with Crippen molar-refractivity contribution in [2.45, 2.75) is 13.8 Å². The van der Waals surface area contributed by atoms with Crippen LogP contribution < -0.4 is 0 Å². The summed E-state index contributed by atoms with van der Waals surface area (Å²) in [6.45, 7) is 4.06. The summed E-state index contributed by atoms with van der Waals surface area (Å²) in [5.74, 6) is 0.964. The molecule has 3 heterocycles. The maximum atomic E-state index is 12.2. The molecule has 0 saturated heterocycles. The minimum absolute atomic E-state index is 0.0630. The maximum absolute atomic E-state index is 12.2. The number of hydrogen-bond acceptors (Lipinski definition) is 3. The molecule has 1 aliphatic heterocycles. The summed E-state index contributed by atoms with van der Waals surface area (Å²) >= 11 is 0. The zero-order chi connectivity index (χ0) is 14.3. The van der Waals surface area contributed by atoms with Crippen LogP contribution in [0.5, 0.6) is 0 Å². The van der Waals surface area contributed by atoms with Gasteiger partial charge in [-0.25, -0.2) is 9.98 Å². The van der Waals surface area contributed by atoms with Gasteiger partial charge in [-0.05, 0) is 18.2 Å². The van der Waals surface area contributed by atoms with Crippen molar-refractivity contribution >= 4 is 28.9 Å². The Morgan fingerprint density at radius 3 is 2.90 bits per heavy atom. The highest BCUT2D eigenvalue weighted by atomic mass is 16.2. The van der Waals surface area contributed by atoms with E-state index in [2.05, 4.69) is 15.0 Å². The molecular formula is C15H16N4O. The summed E-state index contributed by atoms with van der Waals surface area (Å²) in [4.78, 5) is 25.6. The Kier molecular flexibility index (Phi) is 2.89. The molecule has 0 atom stereocenters. The molecular weight excluding hydrogens is 252 g/mol. The van der Waals surface area contributed by atoms with Crippen LogP contribution in [-0.2, 0) is 4.79 Å². The first kappa shape index (κ1) is 12.6. The van der Waals surface area contributed by atoms with Crippen LogP contribution in [0.4, 0.5) is 0 Å². The van der Waals surface area contributed by atoms with Gasteiger partial charge in [-0.1, -0.05) is 13.8 Å². The molecule has 5 heteroatoms. The summed E-state index contributed by atoms with van der Waals surface area (Å²) < 4.78 is 0. The van der Waals surface area contributed by atoms with E-state index in [0.29, 0.717) is 5.70 Å². The molecule has 2 aromatic rings. The second-order valence-corrected chi connectivity index (χ2v) is 5.16. The van der Waals surface area contributed by atoms with Crippen molar-refractivity contribution in [2.24, 2.45) is 10.9 Å². The Balaban J connectivity index is 2.06. The lowest BCUT2D eigenvalue weighted by Gasteiger charge is -2.13. The molecule has 0 unspecified atom stereocenters. The van der Waals surface area contributed by atoms with E-state index in [0.717, 1.165) is 22.4 Å². The molecule has 1 aliphatic rings. The van der Waals surface area contributed by atoms with Crippen LogP contribution in [0, 0.1) is 5.92 Å². The lowest BCUT2D eigenvalue weighted by Crippen LogP contribution is -2.30. The number of amidine groups is 1. The van der Waals surface area contributed by atoms with Crippen LogP contribution in [0.3, 0.4) is 0 Å². The van der Waals surface area contributed by atoms with E-state index in [9.17, 15) is 4.79 Å². The largest absolute Gasteiger partial charge is 0.346 e. The molecule has 1 N–H and O–H groups in total. The van der Waals surface area contributed by atoms with Crippen LogP contribution in [0.25, 0.3) is 17.1 Å². The minimum Gasteiger partial charge on any atom is -0.346 e. The lowest BCUT2D eigenvalue weighted by atomic mass is 10.2. The number of H-pyrrole nitrogens is 1. The number of aliphatic imine (C=N–C) groups is 1. The SMILES string of the molecule is CC(C)C1=N/C(=C\c2c[nH]c3ncccc23)C(=O)N1C. The maximum Gasteiger partial charge on any atom is 0.277 e. The first-order valence-electron chi connectivity index (χ1n) is 6.58. The zero-order valence-corrected chi connectivity index (χ0v) is 11.7. The van der Waals surface area contributed by atoms with Gasteiger partial charge in [0.05, 0.1) is 0 Å². The molecule has 0 radical (unpaired) electrons. The summed E-state index contributed by atoms with van der Waals surface area (Å²) in [6, 6.07) is 3.85. The molecule has 3 rings (SSSR count). The van der Waals surface area contributed by atoms with E-state index in [1.807, 2.05) is 38.3 Å². The molecule has 2 aromatic heterocycles. The highest BCUT2D eigenvalue weighted by Crippen LogP contribution is 2.23. The van der Waals surface area contributed by atoms with Crippen molar-refractivity contribution in [1.82, 2.24) is 14.9 Å². The van der Waals surface area contributed by atoms with E-state index in [1.54, 1.807) is 18.1 Å². The van der Waals surface area contributed by atoms with Crippen LogP contribution >= 0.6 is 0 Å². The number of aromatic amines is 1. The number of fused-ring (bicyclic) bond motifs is 1. The Morgan fingerprint density at radius 2 is 2.20 bits per heavy atom. The summed E-state index contributed by atoms with van der Waals surface area (Å²) in [5.41, 5.74) is 2.21. The van der Waals surface area contributed by atoms with Gasteiger partial charge in [-0.2, -0.15) is 0 Å². The van der Waals surface area contributed by atoms with E-state index in [-0.39, 0.29) is 11.8 Å². The van der Waals surface area contributed by atoms with Gasteiger partial charge in [0.15, 0.2) is 0 Å². The minimum atomic E-state index is -0.0630. The van der Waals surface area contributed by atoms with Crippen molar-refractivity contribution in [3.8, 4) is 0 Å². The highest BCUT2D eigenvalue weighted by molar-refractivity contribution is 6.15. The van der Waals surface area contributed by atoms with Crippen molar-refractivity contribution in [1.29, 1.82) is 0 Å². The number of nitrogens with one attached hydrogen (secondary N) is 1. The number of carbonyl (C=O) groups excluding carboxylic acids is 1. The van der Waals surface area contributed by atoms with Gasteiger partial charge >= 0.3 is 0 Å². The van der Waals surface area contributed by atoms with Gasteiger partial charge in [-0.15, -0.1) is 0 Å². The van der Waals surface area contributed by atoms with E-state index in [4.69, 9.17) is 0 Å². The number of carbonyl (C=O) groups is 1. The fourth-order valence-corrected chi connectivity index (χ4v) is 2.38. The predicted octanol–water partition coefficient (Wildman–Crippen LogP) is 2.43. The molecule has 0 aromatic carbocycles.